The summed E-state index contributed by atoms with van der Waals surface area (Å²) in [5.74, 6) is 1.04. The van der Waals surface area contributed by atoms with Crippen molar-refractivity contribution in [3.05, 3.63) is 18.1 Å². The highest BCUT2D eigenvalue weighted by molar-refractivity contribution is 6.32. The molecule has 0 saturated carbocycles. The molecule has 1 aromatic heterocycles. The number of hydrogen-bond acceptors (Lipinski definition) is 7. The van der Waals surface area contributed by atoms with Gasteiger partial charge in [-0.1, -0.05) is 0 Å². The topological polar surface area (TPSA) is 90.9 Å². The molecule has 1 N–H and O–H groups in total. The summed E-state index contributed by atoms with van der Waals surface area (Å²) >= 11 is 0. The van der Waals surface area contributed by atoms with E-state index in [2.05, 4.69) is 20.2 Å². The molecule has 0 aliphatic carbocycles. The molecule has 2 amide bonds. The molecule has 0 spiro atoms. The van der Waals surface area contributed by atoms with Crippen molar-refractivity contribution in [1.82, 2.24) is 19.8 Å². The molecule has 27 heavy (non-hydrogen) atoms. The summed E-state index contributed by atoms with van der Waals surface area (Å²) in [6.07, 6.45) is 2.92. The summed E-state index contributed by atoms with van der Waals surface area (Å²) in [6.45, 7) is 7.83. The number of ether oxygens (including phenoxy) is 1. The Labute approximate surface area is 159 Å². The molecule has 0 radical (unpaired) electrons. The molecule has 2 aliphatic rings. The van der Waals surface area contributed by atoms with Crippen LogP contribution in [0, 0.1) is 0 Å². The van der Waals surface area contributed by atoms with E-state index in [1.54, 1.807) is 11.1 Å². The van der Waals surface area contributed by atoms with Crippen LogP contribution >= 0.6 is 0 Å². The van der Waals surface area contributed by atoms with Gasteiger partial charge >= 0.3 is 6.09 Å². The molecule has 2 aliphatic heterocycles. The average molecular weight is 374 g/mol. The monoisotopic (exact) mass is 374 g/mol. The average Bonchev–Trinajstić information content (AvgIpc) is 2.88. The van der Waals surface area contributed by atoms with Crippen LogP contribution in [-0.4, -0.2) is 77.6 Å². The van der Waals surface area contributed by atoms with Gasteiger partial charge in [-0.25, -0.2) is 14.8 Å². The predicted octanol–water partition coefficient (Wildman–Crippen LogP) is 1.39. The van der Waals surface area contributed by atoms with Crippen LogP contribution < -0.4 is 10.2 Å². The quantitative estimate of drug-likeness (QED) is 0.782. The number of fused-ring (bicyclic) bond motifs is 1. The van der Waals surface area contributed by atoms with Gasteiger partial charge in [0.25, 0.3) is 5.91 Å². The number of hydrogen-bond donors (Lipinski definition) is 1. The summed E-state index contributed by atoms with van der Waals surface area (Å²) in [6, 6.07) is 0. The van der Waals surface area contributed by atoms with Gasteiger partial charge in [-0.2, -0.15) is 0 Å². The van der Waals surface area contributed by atoms with Crippen LogP contribution in [-0.2, 0) is 9.53 Å². The number of anilines is 2. The number of carbonyl (C=O) groups excluding carboxylic acids is 2. The van der Waals surface area contributed by atoms with E-state index in [0.29, 0.717) is 49.0 Å². The normalized spacial score (nSPS) is 18.4. The lowest BCUT2D eigenvalue weighted by atomic mass is 10.1. The zero-order valence-corrected chi connectivity index (χ0v) is 16.4. The Balaban J connectivity index is 1.78. The first-order chi connectivity index (χ1) is 12.7. The lowest BCUT2D eigenvalue weighted by molar-refractivity contribution is -0.110. The summed E-state index contributed by atoms with van der Waals surface area (Å²) in [4.78, 5) is 38.8. The van der Waals surface area contributed by atoms with Gasteiger partial charge in [0, 0.05) is 46.5 Å². The maximum absolute atomic E-state index is 12.3. The largest absolute Gasteiger partial charge is 0.444 e. The third-order valence-electron chi connectivity index (χ3n) is 4.19. The number of piperazine rings is 1. The van der Waals surface area contributed by atoms with Crippen molar-refractivity contribution in [2.45, 2.75) is 26.4 Å². The molecule has 9 nitrogen and oxygen atoms in total. The second-order valence-corrected chi connectivity index (χ2v) is 7.84. The minimum Gasteiger partial charge on any atom is -0.444 e. The molecule has 0 bridgehead atoms. The number of nitrogens with zero attached hydrogens (tertiary/aromatic N) is 5. The Morgan fingerprint density at radius 3 is 2.48 bits per heavy atom. The first-order valence-corrected chi connectivity index (χ1v) is 8.93. The van der Waals surface area contributed by atoms with Crippen LogP contribution in [0.15, 0.2) is 12.5 Å². The van der Waals surface area contributed by atoms with Crippen LogP contribution in [0.3, 0.4) is 0 Å². The highest BCUT2D eigenvalue weighted by atomic mass is 16.6. The second kappa shape index (κ2) is 7.05. The third-order valence-corrected chi connectivity index (χ3v) is 4.19. The van der Waals surface area contributed by atoms with E-state index < -0.39 is 5.60 Å². The number of amides is 2. The fourth-order valence-electron chi connectivity index (χ4n) is 3.06. The Bertz CT molecular complexity index is 776. The van der Waals surface area contributed by atoms with Crippen molar-refractivity contribution in [2.24, 2.45) is 0 Å². The first-order valence-electron chi connectivity index (χ1n) is 8.93. The molecule has 0 aromatic carbocycles. The van der Waals surface area contributed by atoms with Crippen LogP contribution in [0.4, 0.5) is 16.4 Å². The van der Waals surface area contributed by atoms with Crippen molar-refractivity contribution in [2.75, 3.05) is 50.5 Å². The number of nitrogens with one attached hydrogen (secondary N) is 1. The van der Waals surface area contributed by atoms with Crippen molar-refractivity contribution >= 4 is 29.2 Å². The maximum Gasteiger partial charge on any atom is 0.410 e. The van der Waals surface area contributed by atoms with E-state index in [9.17, 15) is 9.59 Å². The van der Waals surface area contributed by atoms with Gasteiger partial charge in [-0.05, 0) is 20.8 Å². The lowest BCUT2D eigenvalue weighted by Gasteiger charge is -2.36. The van der Waals surface area contributed by atoms with Crippen molar-refractivity contribution in [3.8, 4) is 0 Å². The van der Waals surface area contributed by atoms with E-state index in [0.717, 1.165) is 0 Å². The van der Waals surface area contributed by atoms with Crippen molar-refractivity contribution < 1.29 is 14.3 Å². The molecule has 146 valence electrons. The molecule has 1 saturated heterocycles. The Morgan fingerprint density at radius 1 is 1.22 bits per heavy atom. The fourth-order valence-corrected chi connectivity index (χ4v) is 3.06. The highest BCUT2D eigenvalue weighted by Gasteiger charge is 2.33. The molecular formula is C18H26N6O3. The maximum atomic E-state index is 12.3. The smallest absolute Gasteiger partial charge is 0.410 e. The Morgan fingerprint density at radius 2 is 1.89 bits per heavy atom. The summed E-state index contributed by atoms with van der Waals surface area (Å²) in [7, 11) is 3.72. The van der Waals surface area contributed by atoms with Crippen molar-refractivity contribution in [3.63, 3.8) is 0 Å². The van der Waals surface area contributed by atoms with Gasteiger partial charge in [-0.3, -0.25) is 4.79 Å². The van der Waals surface area contributed by atoms with Gasteiger partial charge in [0.15, 0.2) is 0 Å². The predicted molar refractivity (Wildman–Crippen MR) is 102 cm³/mol. The minimum atomic E-state index is -0.514. The third kappa shape index (κ3) is 4.12. The van der Waals surface area contributed by atoms with Gasteiger partial charge in [0.05, 0.1) is 11.1 Å². The molecule has 1 fully saturated rings. The van der Waals surface area contributed by atoms with Gasteiger partial charge < -0.3 is 24.8 Å². The Hall–Kier alpha value is -2.84. The van der Waals surface area contributed by atoms with Gasteiger partial charge in [0.2, 0.25) is 0 Å². The van der Waals surface area contributed by atoms with Crippen molar-refractivity contribution in [1.29, 1.82) is 0 Å². The zero-order valence-electron chi connectivity index (χ0n) is 16.4. The SMILES string of the molecule is CN(C)/C=C1\C(=O)Nc2ncnc(N3CCN(C(=O)OC(C)(C)C)CC3)c21. The summed E-state index contributed by atoms with van der Waals surface area (Å²) < 4.78 is 5.44. The summed E-state index contributed by atoms with van der Waals surface area (Å²) in [5, 5.41) is 2.79. The Kier molecular flexibility index (Phi) is 4.95. The minimum absolute atomic E-state index is 0.187. The molecule has 3 rings (SSSR count). The molecule has 1 aromatic rings. The number of rotatable bonds is 2. The zero-order chi connectivity index (χ0) is 19.8. The summed E-state index contributed by atoms with van der Waals surface area (Å²) in [5.41, 5.74) is 0.738. The van der Waals surface area contributed by atoms with Crippen LogP contribution in [0.5, 0.6) is 0 Å². The van der Waals surface area contributed by atoms with Crippen LogP contribution in [0.1, 0.15) is 26.3 Å². The lowest BCUT2D eigenvalue weighted by Crippen LogP contribution is -2.50. The standard InChI is InChI=1S/C18H26N6O3/c1-18(2,3)27-17(26)24-8-6-23(7-9-24)15-13-12(10-22(4)5)16(25)21-14(13)19-11-20-15/h10-11H,6-9H2,1-5H3,(H,19,20,21,25)/b12-10-. The van der Waals surface area contributed by atoms with E-state index in [1.165, 1.54) is 6.33 Å². The van der Waals surface area contributed by atoms with E-state index in [4.69, 9.17) is 4.74 Å². The van der Waals surface area contributed by atoms with E-state index >= 15 is 0 Å². The molecule has 0 unspecified atom stereocenters. The van der Waals surface area contributed by atoms with E-state index in [-0.39, 0.29) is 12.0 Å². The molecule has 0 atom stereocenters. The van der Waals surface area contributed by atoms with E-state index in [1.807, 2.05) is 39.8 Å². The number of carbonyl (C=O) groups is 2. The van der Waals surface area contributed by atoms with Gasteiger partial charge in [-0.15, -0.1) is 0 Å². The number of aromatic nitrogens is 2. The highest BCUT2D eigenvalue weighted by Crippen LogP contribution is 2.36. The first kappa shape index (κ1) is 18.9. The molecule has 3 heterocycles. The van der Waals surface area contributed by atoms with Gasteiger partial charge in [0.1, 0.15) is 23.6 Å². The second-order valence-electron chi connectivity index (χ2n) is 7.84. The van der Waals surface area contributed by atoms with Crippen LogP contribution in [0.2, 0.25) is 0 Å². The molecular weight excluding hydrogens is 348 g/mol. The molecule has 9 heteroatoms. The van der Waals surface area contributed by atoms with Crippen LogP contribution in [0.25, 0.3) is 5.57 Å². The fraction of sp³-hybridized carbons (Fsp3) is 0.556.